The normalized spacial score (nSPS) is 21.7. The molecule has 1 amide bonds. The maximum atomic E-state index is 10.9. The molecule has 2 N–H and O–H groups in total. The SMILES string of the molecule is Cc1ccnc(NC2CCC(C([NH-])=O)CC2)n1.[Re].[Rf]. The molecule has 0 unspecified atom stereocenters. The minimum absolute atomic E-state index is 0. The number of anilines is 1. The molecule has 0 spiro atoms. The Morgan fingerprint density at radius 3 is 2.53 bits per heavy atom. The summed E-state index contributed by atoms with van der Waals surface area (Å²) >= 11 is 0. The first-order chi connectivity index (χ1) is 8.15. The van der Waals surface area contributed by atoms with E-state index in [2.05, 4.69) is 15.3 Å². The van der Waals surface area contributed by atoms with Gasteiger partial charge in [-0.3, -0.25) is 0 Å². The van der Waals surface area contributed by atoms with Crippen molar-refractivity contribution in [2.75, 3.05) is 5.32 Å². The van der Waals surface area contributed by atoms with Crippen molar-refractivity contribution in [3.8, 4) is 0 Å². The summed E-state index contributed by atoms with van der Waals surface area (Å²) in [5.41, 5.74) is 8.05. The van der Waals surface area contributed by atoms with Gasteiger partial charge in [0.1, 0.15) is 0 Å². The van der Waals surface area contributed by atoms with Crippen LogP contribution in [0.5, 0.6) is 0 Å². The third-order valence-corrected chi connectivity index (χ3v) is 3.23. The van der Waals surface area contributed by atoms with Gasteiger partial charge in [0.25, 0.3) is 0 Å². The van der Waals surface area contributed by atoms with Gasteiger partial charge < -0.3 is 15.8 Å². The van der Waals surface area contributed by atoms with Crippen LogP contribution in [0.4, 0.5) is 5.95 Å². The van der Waals surface area contributed by atoms with Crippen LogP contribution in [0.2, 0.25) is 0 Å². The molecule has 1 aliphatic rings. The van der Waals surface area contributed by atoms with E-state index in [1.165, 1.54) is 0 Å². The van der Waals surface area contributed by atoms with Crippen LogP contribution in [-0.2, 0) is 25.2 Å². The largest absolute Gasteiger partial charge is 0.668 e. The van der Waals surface area contributed by atoms with Gasteiger partial charge in [0.05, 0.1) is 5.91 Å². The summed E-state index contributed by atoms with van der Waals surface area (Å²) < 4.78 is 0. The van der Waals surface area contributed by atoms with E-state index in [1.807, 2.05) is 13.0 Å². The van der Waals surface area contributed by atoms with Crippen molar-refractivity contribution in [2.24, 2.45) is 5.92 Å². The topological polar surface area (TPSA) is 78.7 Å². The third kappa shape index (κ3) is 4.65. The summed E-state index contributed by atoms with van der Waals surface area (Å²) in [5.74, 6) is 0.174. The molecule has 0 aliphatic heterocycles. The van der Waals surface area contributed by atoms with Crippen LogP contribution >= 0.6 is 0 Å². The fraction of sp³-hybridized carbons (Fsp3) is 0.583. The van der Waals surface area contributed by atoms with Gasteiger partial charge >= 0.3 is 0 Å². The number of carbonyl (C=O) groups excluding carboxylic acids is 1. The molecule has 1 aliphatic carbocycles. The number of aryl methyl sites for hydroxylation is 1. The minimum Gasteiger partial charge on any atom is -0.668 e. The fourth-order valence-electron chi connectivity index (χ4n) is 2.20. The molecule has 0 aromatic carbocycles. The maximum absolute atomic E-state index is 10.9. The number of amides is 1. The average molecular weight is 687 g/mol. The molecule has 0 bridgehead atoms. The minimum atomic E-state index is -0.421. The van der Waals surface area contributed by atoms with Crippen LogP contribution in [0.3, 0.4) is 0 Å². The second kappa shape index (κ2) is 7.45. The number of aromatic nitrogens is 2. The molecule has 0 saturated heterocycles. The molecular formula is C12H17N4OReRf-. The Morgan fingerprint density at radius 1 is 1.37 bits per heavy atom. The molecule has 2 rings (SSSR count). The summed E-state index contributed by atoms with van der Waals surface area (Å²) in [6.45, 7) is 1.93. The van der Waals surface area contributed by atoms with Crippen molar-refractivity contribution in [1.29, 1.82) is 0 Å². The first-order valence-electron chi connectivity index (χ1n) is 5.97. The monoisotopic (exact) mass is 687 g/mol. The van der Waals surface area contributed by atoms with Gasteiger partial charge in [0.15, 0.2) is 0 Å². The van der Waals surface area contributed by atoms with Gasteiger partial charge in [-0.15, -0.1) is 0 Å². The van der Waals surface area contributed by atoms with E-state index in [1.54, 1.807) is 6.20 Å². The van der Waals surface area contributed by atoms with E-state index in [9.17, 15) is 4.79 Å². The molecule has 0 atom stereocenters. The van der Waals surface area contributed by atoms with Crippen molar-refractivity contribution >= 4 is 11.9 Å². The Bertz CT molecular complexity index is 410. The molecular weight excluding hydrogens is 669 g/mol. The zero-order valence-electron chi connectivity index (χ0n) is 11.0. The van der Waals surface area contributed by atoms with Gasteiger partial charge in [0, 0.05) is 44.3 Å². The second-order valence-corrected chi connectivity index (χ2v) is 4.58. The van der Waals surface area contributed by atoms with Crippen molar-refractivity contribution in [3.63, 3.8) is 0 Å². The van der Waals surface area contributed by atoms with Crippen molar-refractivity contribution in [1.82, 2.24) is 9.97 Å². The van der Waals surface area contributed by atoms with E-state index in [4.69, 9.17) is 5.73 Å². The molecule has 1 radical (unpaired) electrons. The van der Waals surface area contributed by atoms with Gasteiger partial charge in [-0.25, -0.2) is 9.97 Å². The smallest absolute Gasteiger partial charge is 0.223 e. The van der Waals surface area contributed by atoms with E-state index in [0.717, 1.165) is 31.4 Å². The Kier molecular flexibility index (Phi) is 6.67. The van der Waals surface area contributed by atoms with Crippen molar-refractivity contribution in [3.05, 3.63) is 23.7 Å². The second-order valence-electron chi connectivity index (χ2n) is 4.58. The number of hydrogen-bond acceptors (Lipinski definition) is 4. The Labute approximate surface area is 121 Å². The van der Waals surface area contributed by atoms with Gasteiger partial charge in [-0.05, 0) is 38.7 Å². The molecule has 1 aromatic rings. The van der Waals surface area contributed by atoms with Gasteiger partial charge in [-0.2, -0.15) is 0 Å². The number of nitrogens with zero attached hydrogens (tertiary/aromatic N) is 2. The van der Waals surface area contributed by atoms with Gasteiger partial charge in [0.2, 0.25) is 5.95 Å². The molecule has 5 nitrogen and oxygen atoms in total. The quantitative estimate of drug-likeness (QED) is 0.530. The van der Waals surface area contributed by atoms with Crippen molar-refractivity contribution in [2.45, 2.75) is 38.6 Å². The first kappa shape index (κ1) is 17.0. The third-order valence-electron chi connectivity index (χ3n) is 3.23. The summed E-state index contributed by atoms with van der Waals surface area (Å²) in [4.78, 5) is 19.4. The Hall–Kier alpha value is -1.99. The fourth-order valence-corrected chi connectivity index (χ4v) is 2.20. The summed E-state index contributed by atoms with van der Waals surface area (Å²) in [6, 6.07) is 2.19. The number of nitrogens with one attached hydrogen (secondary N) is 2. The molecule has 1 saturated carbocycles. The van der Waals surface area contributed by atoms with E-state index < -0.39 is 5.91 Å². The predicted molar refractivity (Wildman–Crippen MR) is 65.5 cm³/mol. The Balaban J connectivity index is 0.00000162. The van der Waals surface area contributed by atoms with Crippen molar-refractivity contribution < 1.29 is 25.2 Å². The molecule has 1 fully saturated rings. The standard InChI is InChI=1S/C12H18N4O.Re.Rf/c1-8-6-7-14-12(15-8)16-10-4-2-9(3-5-10)11(13)17;;/h6-7,9-10H,2-5H2,1H3,(H3,13,14,15,16,17);;/p-1. The molecule has 1 heterocycles. The summed E-state index contributed by atoms with van der Waals surface area (Å²) in [5, 5.41) is 3.29. The van der Waals surface area contributed by atoms with Crippen LogP contribution in [0, 0.1) is 12.8 Å². The summed E-state index contributed by atoms with van der Waals surface area (Å²) in [6.07, 6.45) is 5.15. The number of rotatable bonds is 3. The van der Waals surface area contributed by atoms with Crippen LogP contribution in [-0.4, -0.2) is 21.9 Å². The number of carbonyl (C=O) groups is 1. The van der Waals surface area contributed by atoms with E-state index >= 15 is 0 Å². The molecule has 1 aromatic heterocycles. The average Bonchev–Trinajstić information content (AvgIpc) is 2.29. The molecule has 101 valence electrons. The van der Waals surface area contributed by atoms with Crippen LogP contribution in [0.1, 0.15) is 31.4 Å². The molecule has 19 heavy (non-hydrogen) atoms. The van der Waals surface area contributed by atoms with Crippen LogP contribution < -0.4 is 5.32 Å². The first-order valence-corrected chi connectivity index (χ1v) is 5.97. The van der Waals surface area contributed by atoms with E-state index in [-0.39, 0.29) is 26.3 Å². The summed E-state index contributed by atoms with van der Waals surface area (Å²) in [7, 11) is 0. The zero-order valence-corrected chi connectivity index (χ0v) is 20.1. The molecule has 7 heteroatoms. The van der Waals surface area contributed by atoms with Crippen LogP contribution in [0.25, 0.3) is 5.73 Å². The van der Waals surface area contributed by atoms with Gasteiger partial charge in [-0.1, -0.05) is 0 Å². The van der Waals surface area contributed by atoms with E-state index in [0.29, 0.717) is 12.0 Å². The maximum Gasteiger partial charge on any atom is 0.223 e. The Morgan fingerprint density at radius 2 is 2.00 bits per heavy atom. The number of hydrogen-bond donors (Lipinski definition) is 1. The zero-order chi connectivity index (χ0) is 12.3. The predicted octanol–water partition coefficient (Wildman–Crippen LogP) is 2.33. The van der Waals surface area contributed by atoms with Crippen LogP contribution in [0.15, 0.2) is 12.3 Å².